The zero-order valence-corrected chi connectivity index (χ0v) is 14.3. The number of anilines is 1. The van der Waals surface area contributed by atoms with Gasteiger partial charge in [0.05, 0.1) is 25.2 Å². The van der Waals surface area contributed by atoms with Crippen LogP contribution in [0.4, 0.5) is 5.69 Å². The number of pyridine rings is 1. The molecule has 0 fully saturated rings. The van der Waals surface area contributed by atoms with Crippen molar-refractivity contribution in [2.75, 3.05) is 12.4 Å². The third-order valence-electron chi connectivity index (χ3n) is 3.55. The molecule has 7 heteroatoms. The van der Waals surface area contributed by atoms with Crippen LogP contribution in [0, 0.1) is 0 Å². The van der Waals surface area contributed by atoms with Crippen molar-refractivity contribution >= 4 is 41.0 Å². The molecule has 6 nitrogen and oxygen atoms in total. The van der Waals surface area contributed by atoms with Gasteiger partial charge in [0, 0.05) is 11.6 Å². The second-order valence-corrected chi connectivity index (χ2v) is 5.14. The number of aromatic nitrogens is 1. The third kappa shape index (κ3) is 4.24. The molecule has 1 aromatic heterocycles. The minimum Gasteiger partial charge on any atom is -0.481 e. The van der Waals surface area contributed by atoms with Crippen LogP contribution in [0.1, 0.15) is 15.9 Å². The van der Waals surface area contributed by atoms with Crippen LogP contribution in [0.25, 0.3) is 10.8 Å². The Bertz CT molecular complexity index is 911. The summed E-state index contributed by atoms with van der Waals surface area (Å²) in [4.78, 5) is 16.4. The molecule has 0 bridgehead atoms. The van der Waals surface area contributed by atoms with Gasteiger partial charge in [-0.2, -0.15) is 5.10 Å². The first kappa shape index (κ1) is 18.2. The molecule has 3 aromatic rings. The lowest BCUT2D eigenvalue weighted by Gasteiger charge is -2.07. The van der Waals surface area contributed by atoms with Crippen molar-refractivity contribution in [2.45, 2.75) is 0 Å². The first-order valence-corrected chi connectivity index (χ1v) is 7.28. The average molecular weight is 357 g/mol. The van der Waals surface area contributed by atoms with Gasteiger partial charge in [0.2, 0.25) is 5.88 Å². The Hall–Kier alpha value is -3.12. The van der Waals surface area contributed by atoms with Crippen LogP contribution in [0.5, 0.6) is 5.88 Å². The number of fused-ring (bicyclic) bond motifs is 1. The van der Waals surface area contributed by atoms with Gasteiger partial charge in [-0.25, -0.2) is 4.98 Å². The van der Waals surface area contributed by atoms with Crippen LogP contribution >= 0.6 is 12.4 Å². The summed E-state index contributed by atoms with van der Waals surface area (Å²) in [5, 5.41) is 8.30. The molecule has 1 heterocycles. The predicted octanol–water partition coefficient (Wildman–Crippen LogP) is 3.21. The number of carbonyl (C=O) groups excluding carboxylic acids is 1. The molecule has 3 rings (SSSR count). The van der Waals surface area contributed by atoms with Gasteiger partial charge in [-0.15, -0.1) is 12.4 Å². The molecule has 0 radical (unpaired) electrons. The van der Waals surface area contributed by atoms with Crippen molar-refractivity contribution in [3.05, 3.63) is 65.9 Å². The molecule has 3 N–H and O–H groups in total. The molecule has 128 valence electrons. The highest BCUT2D eigenvalue weighted by Gasteiger charge is 2.08. The van der Waals surface area contributed by atoms with E-state index in [0.29, 0.717) is 17.1 Å². The van der Waals surface area contributed by atoms with Gasteiger partial charge in [0.1, 0.15) is 0 Å². The van der Waals surface area contributed by atoms with Crippen molar-refractivity contribution in [1.82, 2.24) is 4.98 Å². The van der Waals surface area contributed by atoms with Gasteiger partial charge in [0.15, 0.2) is 0 Å². The number of nitrogens with one attached hydrogen (secondary N) is 1. The Morgan fingerprint density at radius 1 is 1.16 bits per heavy atom. The lowest BCUT2D eigenvalue weighted by atomic mass is 10.0. The minimum atomic E-state index is -0.198. The molecular formula is C18H17ClN4O2. The van der Waals surface area contributed by atoms with E-state index < -0.39 is 0 Å². The van der Waals surface area contributed by atoms with E-state index in [4.69, 9.17) is 10.6 Å². The van der Waals surface area contributed by atoms with Crippen molar-refractivity contribution < 1.29 is 9.53 Å². The second kappa shape index (κ2) is 8.12. The number of methoxy groups -OCH3 is 1. The maximum absolute atomic E-state index is 12.4. The summed E-state index contributed by atoms with van der Waals surface area (Å²) >= 11 is 0. The maximum atomic E-state index is 12.4. The Kier molecular flexibility index (Phi) is 5.92. The molecule has 0 aliphatic rings. The number of hydrogen-bond donors (Lipinski definition) is 2. The number of benzene rings is 2. The van der Waals surface area contributed by atoms with Crippen molar-refractivity contribution in [1.29, 1.82) is 0 Å². The molecule has 0 aliphatic heterocycles. The van der Waals surface area contributed by atoms with E-state index >= 15 is 0 Å². The number of hydrogen-bond acceptors (Lipinski definition) is 5. The third-order valence-corrected chi connectivity index (χ3v) is 3.55. The van der Waals surface area contributed by atoms with E-state index in [-0.39, 0.29) is 18.3 Å². The molecule has 0 spiro atoms. The van der Waals surface area contributed by atoms with Crippen LogP contribution in [0.15, 0.2) is 59.8 Å². The van der Waals surface area contributed by atoms with E-state index in [9.17, 15) is 4.79 Å². The summed E-state index contributed by atoms with van der Waals surface area (Å²) in [6, 6.07) is 14.7. The summed E-state index contributed by atoms with van der Waals surface area (Å²) in [5.74, 6) is 5.46. The van der Waals surface area contributed by atoms with Crippen LogP contribution in [-0.2, 0) is 0 Å². The summed E-state index contributed by atoms with van der Waals surface area (Å²) in [6.45, 7) is 0. The molecule has 2 aromatic carbocycles. The van der Waals surface area contributed by atoms with E-state index in [1.165, 1.54) is 0 Å². The van der Waals surface area contributed by atoms with E-state index in [0.717, 1.165) is 16.3 Å². The maximum Gasteiger partial charge on any atom is 0.255 e. The average Bonchev–Trinajstić information content (AvgIpc) is 2.62. The second-order valence-electron chi connectivity index (χ2n) is 5.14. The SMILES string of the molecule is COc1ccc(NC(=O)c2ccc3cc(C=NN)ccc3c2)cn1.Cl. The number of nitrogens with zero attached hydrogens (tertiary/aromatic N) is 2. The zero-order valence-electron chi connectivity index (χ0n) is 13.5. The number of hydrazone groups is 1. The molecule has 0 aliphatic carbocycles. The summed E-state index contributed by atoms with van der Waals surface area (Å²) in [7, 11) is 1.54. The molecule has 0 unspecified atom stereocenters. The molecule has 1 amide bonds. The molecule has 0 atom stereocenters. The van der Waals surface area contributed by atoms with E-state index in [1.807, 2.05) is 30.3 Å². The fraction of sp³-hybridized carbons (Fsp3) is 0.0556. The van der Waals surface area contributed by atoms with Crippen LogP contribution in [0.2, 0.25) is 0 Å². The molecule has 0 saturated carbocycles. The number of ether oxygens (including phenoxy) is 1. The van der Waals surface area contributed by atoms with Gasteiger partial charge in [0.25, 0.3) is 5.91 Å². The molecule has 25 heavy (non-hydrogen) atoms. The summed E-state index contributed by atoms with van der Waals surface area (Å²) in [6.07, 6.45) is 3.13. The largest absolute Gasteiger partial charge is 0.481 e. The lowest BCUT2D eigenvalue weighted by molar-refractivity contribution is 0.102. The monoisotopic (exact) mass is 356 g/mol. The Morgan fingerprint density at radius 2 is 1.92 bits per heavy atom. The lowest BCUT2D eigenvalue weighted by Crippen LogP contribution is -2.12. The number of halogens is 1. The van der Waals surface area contributed by atoms with Crippen molar-refractivity contribution in [3.63, 3.8) is 0 Å². The topological polar surface area (TPSA) is 89.6 Å². The normalized spacial score (nSPS) is 10.4. The van der Waals surface area contributed by atoms with Crippen molar-refractivity contribution in [3.8, 4) is 5.88 Å². The van der Waals surface area contributed by atoms with Gasteiger partial charge in [-0.3, -0.25) is 4.79 Å². The highest BCUT2D eigenvalue weighted by atomic mass is 35.5. The quantitative estimate of drug-likeness (QED) is 0.426. The van der Waals surface area contributed by atoms with E-state index in [1.54, 1.807) is 37.7 Å². The Balaban J connectivity index is 0.00000225. The highest BCUT2D eigenvalue weighted by Crippen LogP contribution is 2.19. The van der Waals surface area contributed by atoms with Crippen LogP contribution < -0.4 is 15.9 Å². The number of nitrogens with two attached hydrogens (primary N) is 1. The number of carbonyl (C=O) groups is 1. The standard InChI is InChI=1S/C18H16N4O2.ClH/c1-24-17-7-6-16(11-20-17)22-18(23)15-5-4-13-8-12(10-21-19)2-3-14(13)9-15;/h2-11H,19H2,1H3,(H,22,23);1H. The fourth-order valence-electron chi connectivity index (χ4n) is 2.35. The van der Waals surface area contributed by atoms with Gasteiger partial charge >= 0.3 is 0 Å². The summed E-state index contributed by atoms with van der Waals surface area (Å²) in [5.41, 5.74) is 2.08. The van der Waals surface area contributed by atoms with Gasteiger partial charge in [-0.05, 0) is 40.6 Å². The fourth-order valence-corrected chi connectivity index (χ4v) is 2.35. The smallest absolute Gasteiger partial charge is 0.255 e. The Labute approximate surface area is 151 Å². The van der Waals surface area contributed by atoms with Crippen LogP contribution in [-0.4, -0.2) is 24.2 Å². The first-order valence-electron chi connectivity index (χ1n) is 7.28. The number of rotatable bonds is 4. The van der Waals surface area contributed by atoms with Gasteiger partial charge < -0.3 is 15.9 Å². The zero-order chi connectivity index (χ0) is 16.9. The summed E-state index contributed by atoms with van der Waals surface area (Å²) < 4.78 is 4.99. The van der Waals surface area contributed by atoms with Crippen molar-refractivity contribution in [2.24, 2.45) is 10.9 Å². The molecular weight excluding hydrogens is 340 g/mol. The first-order chi connectivity index (χ1) is 11.7. The van der Waals surface area contributed by atoms with Gasteiger partial charge in [-0.1, -0.05) is 18.2 Å². The van der Waals surface area contributed by atoms with E-state index in [2.05, 4.69) is 15.4 Å². The molecule has 0 saturated heterocycles. The number of amides is 1. The highest BCUT2D eigenvalue weighted by molar-refractivity contribution is 6.06. The van der Waals surface area contributed by atoms with Crippen LogP contribution in [0.3, 0.4) is 0 Å². The Morgan fingerprint density at radius 3 is 2.60 bits per heavy atom. The minimum absolute atomic E-state index is 0. The predicted molar refractivity (Wildman–Crippen MR) is 102 cm³/mol.